The minimum Gasteiger partial charge on any atom is -0.367 e. The Hall–Kier alpha value is -2.09. The molecule has 9 heteroatoms. The average molecular weight is 462 g/mol. The highest BCUT2D eigenvalue weighted by Gasteiger charge is 2.34. The number of anilines is 3. The van der Waals surface area contributed by atoms with E-state index in [0.29, 0.717) is 27.7 Å². The van der Waals surface area contributed by atoms with Crippen LogP contribution in [0.2, 0.25) is 10.0 Å². The van der Waals surface area contributed by atoms with Gasteiger partial charge in [-0.05, 0) is 57.4 Å². The molecule has 0 spiro atoms. The number of rotatable bonds is 6. The second-order valence-electron chi connectivity index (χ2n) is 8.25. The van der Waals surface area contributed by atoms with E-state index in [2.05, 4.69) is 27.4 Å². The zero-order chi connectivity index (χ0) is 22.0. The highest BCUT2D eigenvalue weighted by Crippen LogP contribution is 2.32. The van der Waals surface area contributed by atoms with Gasteiger partial charge in [-0.1, -0.05) is 30.1 Å². The van der Waals surface area contributed by atoms with Gasteiger partial charge in [-0.3, -0.25) is 10.3 Å². The normalized spacial score (nSPS) is 17.4. The molecule has 7 nitrogen and oxygen atoms in total. The highest BCUT2D eigenvalue weighted by molar-refractivity contribution is 6.42. The minimum atomic E-state index is 0.227. The van der Waals surface area contributed by atoms with Crippen LogP contribution in [0.5, 0.6) is 0 Å². The fraction of sp³-hybridized carbons (Fsp3) is 0.500. The molecule has 0 radical (unpaired) electrons. The molecule has 166 valence electrons. The Bertz CT molecular complexity index is 939. The van der Waals surface area contributed by atoms with Crippen molar-refractivity contribution in [1.82, 2.24) is 14.9 Å². The summed E-state index contributed by atoms with van der Waals surface area (Å²) >= 11 is 12.1. The van der Waals surface area contributed by atoms with Crippen LogP contribution in [0.25, 0.3) is 0 Å². The number of piperidine rings is 1. The van der Waals surface area contributed by atoms with Crippen molar-refractivity contribution in [3.05, 3.63) is 40.0 Å². The summed E-state index contributed by atoms with van der Waals surface area (Å²) in [4.78, 5) is 13.8. The predicted molar refractivity (Wildman–Crippen MR) is 129 cm³/mol. The number of halogens is 2. The maximum atomic E-state index is 8.69. The summed E-state index contributed by atoms with van der Waals surface area (Å²) in [6.45, 7) is 7.50. The summed E-state index contributed by atoms with van der Waals surface area (Å²) in [5, 5.41) is 16.3. The lowest BCUT2D eigenvalue weighted by molar-refractivity contribution is 0.229. The summed E-state index contributed by atoms with van der Waals surface area (Å²) in [5.74, 6) is 1.60. The summed E-state index contributed by atoms with van der Waals surface area (Å²) in [7, 11) is 0. The third-order valence-corrected chi connectivity index (χ3v) is 6.52. The van der Waals surface area contributed by atoms with Gasteiger partial charge in [-0.25, -0.2) is 4.98 Å². The number of nitrogens with one attached hydrogen (secondary N) is 3. The Kier molecular flexibility index (Phi) is 6.84. The molecule has 2 aliphatic rings. The second kappa shape index (κ2) is 9.59. The van der Waals surface area contributed by atoms with E-state index < -0.39 is 0 Å². The van der Waals surface area contributed by atoms with Gasteiger partial charge in [0.15, 0.2) is 0 Å². The zero-order valence-electron chi connectivity index (χ0n) is 18.0. The fourth-order valence-corrected chi connectivity index (χ4v) is 4.18. The Morgan fingerprint density at radius 2 is 1.87 bits per heavy atom. The van der Waals surface area contributed by atoms with E-state index in [-0.39, 0.29) is 12.0 Å². The number of nitrogens with zero attached hydrogens (tertiary/aromatic N) is 4. The third kappa shape index (κ3) is 5.59. The van der Waals surface area contributed by atoms with Gasteiger partial charge in [0.1, 0.15) is 5.82 Å². The number of benzene rings is 1. The van der Waals surface area contributed by atoms with Crippen LogP contribution >= 0.6 is 23.2 Å². The van der Waals surface area contributed by atoms with Crippen LogP contribution in [-0.2, 0) is 0 Å². The summed E-state index contributed by atoms with van der Waals surface area (Å²) in [5.41, 5.74) is 1.59. The lowest BCUT2D eigenvalue weighted by Gasteiger charge is -2.32. The van der Waals surface area contributed by atoms with E-state index in [9.17, 15) is 0 Å². The molecule has 0 bridgehead atoms. The van der Waals surface area contributed by atoms with Gasteiger partial charge in [0.25, 0.3) is 0 Å². The Balaban J connectivity index is 1.50. The van der Waals surface area contributed by atoms with Crippen molar-refractivity contribution in [2.24, 2.45) is 0 Å². The van der Waals surface area contributed by atoms with Crippen molar-refractivity contribution in [2.75, 3.05) is 35.2 Å². The first-order valence-electron chi connectivity index (χ1n) is 10.9. The first kappa shape index (κ1) is 22.1. The summed E-state index contributed by atoms with van der Waals surface area (Å²) in [6, 6.07) is 7.86. The van der Waals surface area contributed by atoms with Gasteiger partial charge in [0.2, 0.25) is 11.9 Å². The standard InChI is InChI=1S/C22H29Cl2N7/c1-3-30-10-8-15(9-11-30)27-20-12-14(2)26-22(29-20)31(17-5-6-17)21(25)28-16-4-7-18(23)19(24)13-16/h4,7,12-13,15,17H,3,5-6,8-11H2,1-2H3,(H2,25,28)(H,26,27,29). The van der Waals surface area contributed by atoms with Crippen molar-refractivity contribution >= 4 is 46.6 Å². The first-order chi connectivity index (χ1) is 14.9. The zero-order valence-corrected chi connectivity index (χ0v) is 19.5. The minimum absolute atomic E-state index is 0.227. The molecule has 31 heavy (non-hydrogen) atoms. The Morgan fingerprint density at radius 3 is 2.52 bits per heavy atom. The molecule has 2 heterocycles. The van der Waals surface area contributed by atoms with E-state index in [4.69, 9.17) is 33.6 Å². The molecule has 1 saturated heterocycles. The topological polar surface area (TPSA) is 80.2 Å². The van der Waals surface area contributed by atoms with E-state index in [1.54, 1.807) is 18.2 Å². The van der Waals surface area contributed by atoms with Crippen LogP contribution < -0.4 is 15.5 Å². The molecule has 1 saturated carbocycles. The molecule has 0 atom stereocenters. The molecule has 1 aromatic heterocycles. The Morgan fingerprint density at radius 1 is 1.13 bits per heavy atom. The predicted octanol–water partition coefficient (Wildman–Crippen LogP) is 5.00. The molecular weight excluding hydrogens is 433 g/mol. The monoisotopic (exact) mass is 461 g/mol. The lowest BCUT2D eigenvalue weighted by Crippen LogP contribution is -2.40. The van der Waals surface area contributed by atoms with Gasteiger partial charge in [-0.2, -0.15) is 4.98 Å². The van der Waals surface area contributed by atoms with Gasteiger partial charge in [0.05, 0.1) is 10.0 Å². The number of hydrogen-bond donors (Lipinski definition) is 3. The third-order valence-electron chi connectivity index (χ3n) is 5.78. The van der Waals surface area contributed by atoms with Crippen LogP contribution in [0.4, 0.5) is 17.5 Å². The number of aryl methyl sites for hydroxylation is 1. The molecule has 1 aliphatic heterocycles. The number of guanidine groups is 1. The summed E-state index contributed by atoms with van der Waals surface area (Å²) in [6.07, 6.45) is 4.24. The van der Waals surface area contributed by atoms with Crippen LogP contribution in [0.15, 0.2) is 24.3 Å². The maximum absolute atomic E-state index is 8.69. The van der Waals surface area contributed by atoms with Crippen LogP contribution in [0, 0.1) is 12.3 Å². The van der Waals surface area contributed by atoms with Gasteiger partial charge in [-0.15, -0.1) is 0 Å². The molecule has 2 aromatic rings. The quantitative estimate of drug-likeness (QED) is 0.414. The highest BCUT2D eigenvalue weighted by atomic mass is 35.5. The van der Waals surface area contributed by atoms with Gasteiger partial charge < -0.3 is 15.5 Å². The number of likely N-dealkylation sites (tertiary alicyclic amines) is 1. The SMILES string of the molecule is CCN1CCC(Nc2cc(C)nc(N(C(=N)Nc3ccc(Cl)c(Cl)c3)C3CC3)n2)CC1. The van der Waals surface area contributed by atoms with Crippen LogP contribution in [0.3, 0.4) is 0 Å². The van der Waals surface area contributed by atoms with E-state index in [0.717, 1.165) is 56.8 Å². The second-order valence-corrected chi connectivity index (χ2v) is 9.07. The van der Waals surface area contributed by atoms with Crippen molar-refractivity contribution in [2.45, 2.75) is 51.6 Å². The molecule has 1 aliphatic carbocycles. The van der Waals surface area contributed by atoms with E-state index in [1.165, 1.54) is 0 Å². The molecule has 3 N–H and O–H groups in total. The molecule has 0 amide bonds. The van der Waals surface area contributed by atoms with Crippen LogP contribution in [0.1, 0.15) is 38.3 Å². The summed E-state index contributed by atoms with van der Waals surface area (Å²) < 4.78 is 0. The van der Waals surface area contributed by atoms with Crippen molar-refractivity contribution in [3.8, 4) is 0 Å². The smallest absolute Gasteiger partial charge is 0.234 e. The number of aromatic nitrogens is 2. The van der Waals surface area contributed by atoms with Crippen molar-refractivity contribution in [3.63, 3.8) is 0 Å². The van der Waals surface area contributed by atoms with Gasteiger partial charge >= 0.3 is 0 Å². The molecule has 0 unspecified atom stereocenters. The number of hydrogen-bond acceptors (Lipinski definition) is 5. The van der Waals surface area contributed by atoms with Crippen molar-refractivity contribution in [1.29, 1.82) is 5.41 Å². The lowest BCUT2D eigenvalue weighted by atomic mass is 10.1. The first-order valence-corrected chi connectivity index (χ1v) is 11.6. The largest absolute Gasteiger partial charge is 0.367 e. The molecule has 1 aromatic carbocycles. The fourth-order valence-electron chi connectivity index (χ4n) is 3.89. The van der Waals surface area contributed by atoms with E-state index >= 15 is 0 Å². The van der Waals surface area contributed by atoms with E-state index in [1.807, 2.05) is 17.9 Å². The average Bonchev–Trinajstić information content (AvgIpc) is 3.56. The molecule has 4 rings (SSSR count). The van der Waals surface area contributed by atoms with Crippen molar-refractivity contribution < 1.29 is 0 Å². The Labute approximate surface area is 193 Å². The molecular formula is C22H29Cl2N7. The van der Waals surface area contributed by atoms with Gasteiger partial charge in [0, 0.05) is 42.6 Å². The van der Waals surface area contributed by atoms with Crippen LogP contribution in [-0.4, -0.2) is 52.5 Å². The maximum Gasteiger partial charge on any atom is 0.234 e. The molecule has 2 fully saturated rings.